The Balaban J connectivity index is 2.06. The van der Waals surface area contributed by atoms with Crippen LogP contribution in [0.25, 0.3) is 0 Å². The fourth-order valence-corrected chi connectivity index (χ4v) is 5.90. The number of nitrogens with one attached hydrogen (secondary N) is 1. The Hall–Kier alpha value is -3.27. The van der Waals surface area contributed by atoms with Crippen LogP contribution in [-0.2, 0) is 26.2 Å². The molecule has 0 aliphatic rings. The molecular formula is C29H33Cl2N3O5S. The third-order valence-electron chi connectivity index (χ3n) is 6.32. The summed E-state index contributed by atoms with van der Waals surface area (Å²) in [5.41, 5.74) is 1.89. The van der Waals surface area contributed by atoms with Gasteiger partial charge < -0.3 is 15.0 Å². The molecular weight excluding hydrogens is 573 g/mol. The number of halogens is 2. The van der Waals surface area contributed by atoms with Gasteiger partial charge in [0.1, 0.15) is 18.3 Å². The predicted octanol–water partition coefficient (Wildman–Crippen LogP) is 5.45. The molecule has 2 amide bonds. The zero-order valence-electron chi connectivity index (χ0n) is 22.9. The number of rotatable bonds is 12. The number of ether oxygens (including phenoxy) is 1. The van der Waals surface area contributed by atoms with E-state index in [1.807, 2.05) is 6.92 Å². The summed E-state index contributed by atoms with van der Waals surface area (Å²) in [4.78, 5) is 28.4. The number of benzene rings is 3. The van der Waals surface area contributed by atoms with Gasteiger partial charge in [0.15, 0.2) is 0 Å². The molecule has 0 saturated carbocycles. The zero-order chi connectivity index (χ0) is 29.4. The highest BCUT2D eigenvalue weighted by atomic mass is 35.5. The minimum atomic E-state index is -4.18. The van der Waals surface area contributed by atoms with Crippen LogP contribution in [0, 0.1) is 6.92 Å². The molecule has 0 spiro atoms. The first-order valence-corrected chi connectivity index (χ1v) is 15.0. The third kappa shape index (κ3) is 7.47. The Labute approximate surface area is 245 Å². The molecule has 0 unspecified atom stereocenters. The molecule has 0 aromatic heterocycles. The van der Waals surface area contributed by atoms with E-state index in [1.165, 1.54) is 24.1 Å². The van der Waals surface area contributed by atoms with Gasteiger partial charge in [-0.15, -0.1) is 0 Å². The van der Waals surface area contributed by atoms with Crippen molar-refractivity contribution in [3.8, 4) is 5.75 Å². The Morgan fingerprint density at radius 3 is 2.15 bits per heavy atom. The van der Waals surface area contributed by atoms with Gasteiger partial charge in [-0.3, -0.25) is 13.9 Å². The van der Waals surface area contributed by atoms with Crippen LogP contribution in [0.4, 0.5) is 5.69 Å². The lowest BCUT2D eigenvalue weighted by molar-refractivity contribution is -0.140. The SMILES string of the molecule is CCNC(=O)[C@H](CC)N(Cc1ccc(Cl)c(Cl)c1)C(=O)CN(c1ccc(C)cc1)S(=O)(=O)c1ccc(OC)cc1. The maximum atomic E-state index is 14.0. The van der Waals surface area contributed by atoms with E-state index in [1.54, 1.807) is 68.4 Å². The van der Waals surface area contributed by atoms with E-state index in [9.17, 15) is 18.0 Å². The van der Waals surface area contributed by atoms with E-state index >= 15 is 0 Å². The molecule has 0 aliphatic heterocycles. The van der Waals surface area contributed by atoms with Crippen molar-refractivity contribution in [3.05, 3.63) is 87.9 Å². The Morgan fingerprint density at radius 1 is 0.950 bits per heavy atom. The lowest BCUT2D eigenvalue weighted by Gasteiger charge is -2.33. The fraction of sp³-hybridized carbons (Fsp3) is 0.310. The van der Waals surface area contributed by atoms with Crippen molar-refractivity contribution in [1.82, 2.24) is 10.2 Å². The number of hydrogen-bond donors (Lipinski definition) is 1. The summed E-state index contributed by atoms with van der Waals surface area (Å²) in [5, 5.41) is 3.44. The second-order valence-electron chi connectivity index (χ2n) is 9.11. The number of sulfonamides is 1. The molecule has 0 aliphatic carbocycles. The number of nitrogens with zero attached hydrogens (tertiary/aromatic N) is 2. The van der Waals surface area contributed by atoms with Gasteiger partial charge in [0.05, 0.1) is 27.7 Å². The monoisotopic (exact) mass is 605 g/mol. The number of anilines is 1. The second kappa shape index (κ2) is 13.9. The average Bonchev–Trinajstić information content (AvgIpc) is 2.94. The summed E-state index contributed by atoms with van der Waals surface area (Å²) in [6, 6.07) is 16.9. The summed E-state index contributed by atoms with van der Waals surface area (Å²) in [5.74, 6) is -0.391. The summed E-state index contributed by atoms with van der Waals surface area (Å²) < 4.78 is 34.0. The van der Waals surface area contributed by atoms with Crippen LogP contribution in [0.15, 0.2) is 71.6 Å². The van der Waals surface area contributed by atoms with Crippen molar-refractivity contribution in [3.63, 3.8) is 0 Å². The molecule has 3 aromatic carbocycles. The predicted molar refractivity (Wildman–Crippen MR) is 158 cm³/mol. The summed E-state index contributed by atoms with van der Waals surface area (Å²) in [6.07, 6.45) is 0.314. The molecule has 0 heterocycles. The van der Waals surface area contributed by atoms with Crippen molar-refractivity contribution in [2.45, 2.75) is 44.7 Å². The van der Waals surface area contributed by atoms with E-state index in [2.05, 4.69) is 5.32 Å². The molecule has 0 radical (unpaired) electrons. The number of carbonyl (C=O) groups excluding carboxylic acids is 2. The van der Waals surface area contributed by atoms with E-state index in [0.717, 1.165) is 9.87 Å². The lowest BCUT2D eigenvalue weighted by Crippen LogP contribution is -2.52. The number of carbonyl (C=O) groups is 2. The van der Waals surface area contributed by atoms with Gasteiger partial charge in [0, 0.05) is 13.1 Å². The first kappa shape index (κ1) is 31.3. The fourth-order valence-electron chi connectivity index (χ4n) is 4.16. The van der Waals surface area contributed by atoms with Crippen LogP contribution in [-0.4, -0.2) is 51.4 Å². The highest BCUT2D eigenvalue weighted by Crippen LogP contribution is 2.27. The summed E-state index contributed by atoms with van der Waals surface area (Å²) in [7, 11) is -2.69. The zero-order valence-corrected chi connectivity index (χ0v) is 25.2. The lowest BCUT2D eigenvalue weighted by atomic mass is 10.1. The van der Waals surface area contributed by atoms with Gasteiger partial charge in [-0.2, -0.15) is 0 Å². The van der Waals surface area contributed by atoms with Crippen molar-refractivity contribution >= 4 is 50.7 Å². The standard InChI is InChI=1S/C29H33Cl2N3O5S/c1-5-27(29(36)32-6-2)33(18-21-9-16-25(30)26(31)17-21)28(35)19-34(22-10-7-20(3)8-11-22)40(37,38)24-14-12-23(39-4)13-15-24/h7-17,27H,5-6,18-19H2,1-4H3,(H,32,36)/t27-/m0/s1. The van der Waals surface area contributed by atoms with E-state index in [-0.39, 0.29) is 17.3 Å². The summed E-state index contributed by atoms with van der Waals surface area (Å²) >= 11 is 12.3. The Morgan fingerprint density at radius 2 is 1.60 bits per heavy atom. The largest absolute Gasteiger partial charge is 0.497 e. The number of likely N-dealkylation sites (N-methyl/N-ethyl adjacent to an activating group) is 1. The van der Waals surface area contributed by atoms with Gasteiger partial charge in [-0.05, 0) is 74.4 Å². The van der Waals surface area contributed by atoms with Gasteiger partial charge in [0.2, 0.25) is 11.8 Å². The van der Waals surface area contributed by atoms with Crippen molar-refractivity contribution in [2.24, 2.45) is 0 Å². The Bertz CT molecular complexity index is 1430. The van der Waals surface area contributed by atoms with E-state index in [0.29, 0.717) is 40.0 Å². The molecule has 0 fully saturated rings. The molecule has 0 saturated heterocycles. The molecule has 3 aromatic rings. The van der Waals surface area contributed by atoms with Crippen LogP contribution in [0.5, 0.6) is 5.75 Å². The van der Waals surface area contributed by atoms with Crippen molar-refractivity contribution in [2.75, 3.05) is 24.5 Å². The first-order valence-electron chi connectivity index (χ1n) is 12.8. The maximum Gasteiger partial charge on any atom is 0.264 e. The van der Waals surface area contributed by atoms with Crippen molar-refractivity contribution < 1.29 is 22.7 Å². The quantitative estimate of drug-likeness (QED) is 0.296. The topological polar surface area (TPSA) is 96.0 Å². The molecule has 3 rings (SSSR count). The smallest absolute Gasteiger partial charge is 0.264 e. The molecule has 214 valence electrons. The number of methoxy groups -OCH3 is 1. The number of hydrogen-bond acceptors (Lipinski definition) is 5. The number of aryl methyl sites for hydroxylation is 1. The third-order valence-corrected chi connectivity index (χ3v) is 8.85. The Kier molecular flexibility index (Phi) is 10.8. The molecule has 1 N–H and O–H groups in total. The van der Waals surface area contributed by atoms with Crippen LogP contribution >= 0.6 is 23.2 Å². The van der Waals surface area contributed by atoms with E-state index in [4.69, 9.17) is 27.9 Å². The molecule has 11 heteroatoms. The van der Waals surface area contributed by atoms with Gasteiger partial charge in [-0.1, -0.05) is 53.9 Å². The van der Waals surface area contributed by atoms with Crippen LogP contribution in [0.1, 0.15) is 31.4 Å². The first-order chi connectivity index (χ1) is 19.0. The van der Waals surface area contributed by atoms with E-state index < -0.39 is 28.5 Å². The summed E-state index contributed by atoms with van der Waals surface area (Å²) in [6.45, 7) is 5.33. The van der Waals surface area contributed by atoms with Crippen LogP contribution in [0.3, 0.4) is 0 Å². The minimum Gasteiger partial charge on any atom is -0.497 e. The van der Waals surface area contributed by atoms with Crippen LogP contribution in [0.2, 0.25) is 10.0 Å². The van der Waals surface area contributed by atoms with Crippen molar-refractivity contribution in [1.29, 1.82) is 0 Å². The second-order valence-corrected chi connectivity index (χ2v) is 11.8. The molecule has 40 heavy (non-hydrogen) atoms. The minimum absolute atomic E-state index is 0.00604. The van der Waals surface area contributed by atoms with Gasteiger partial charge in [-0.25, -0.2) is 8.42 Å². The highest BCUT2D eigenvalue weighted by molar-refractivity contribution is 7.92. The molecule has 0 bridgehead atoms. The normalized spacial score (nSPS) is 11.9. The van der Waals surface area contributed by atoms with Gasteiger partial charge in [0.25, 0.3) is 10.0 Å². The van der Waals surface area contributed by atoms with Gasteiger partial charge >= 0.3 is 0 Å². The maximum absolute atomic E-state index is 14.0. The average molecular weight is 607 g/mol. The number of amides is 2. The molecule has 1 atom stereocenters. The highest BCUT2D eigenvalue weighted by Gasteiger charge is 2.33. The van der Waals surface area contributed by atoms with Crippen LogP contribution < -0.4 is 14.4 Å². The molecule has 8 nitrogen and oxygen atoms in total.